The molecule has 0 fully saturated rings. The minimum absolute atomic E-state index is 0.897. The minimum Gasteiger partial charge on any atom is -0.343 e. The molecule has 17 heavy (non-hydrogen) atoms. The van der Waals surface area contributed by atoms with Crippen molar-refractivity contribution >= 4 is 10.9 Å². The topological polar surface area (TPSA) is 17.0 Å². The average Bonchev–Trinajstić information content (AvgIpc) is 2.69. The average molecular weight is 228 g/mol. The molecule has 0 aliphatic heterocycles. The number of allylic oxidation sites excluding steroid dienone is 1. The Hall–Kier alpha value is -1.54. The van der Waals surface area contributed by atoms with Gasteiger partial charge in [-0.1, -0.05) is 31.2 Å². The zero-order valence-electron chi connectivity index (χ0n) is 10.7. The second kappa shape index (κ2) is 5.19. The van der Waals surface area contributed by atoms with Crippen molar-refractivity contribution < 1.29 is 0 Å². The Morgan fingerprint density at radius 2 is 2.18 bits per heavy atom. The van der Waals surface area contributed by atoms with Gasteiger partial charge in [-0.05, 0) is 36.6 Å². The van der Waals surface area contributed by atoms with E-state index < -0.39 is 0 Å². The highest BCUT2D eigenvalue weighted by Gasteiger charge is 2.02. The van der Waals surface area contributed by atoms with E-state index in [1.54, 1.807) is 0 Å². The third-order valence-corrected chi connectivity index (χ3v) is 2.86. The molecule has 1 aromatic carbocycles. The van der Waals surface area contributed by atoms with Crippen LogP contribution in [0.2, 0.25) is 0 Å². The molecule has 2 nitrogen and oxygen atoms in total. The largest absolute Gasteiger partial charge is 0.343 e. The monoisotopic (exact) mass is 228 g/mol. The lowest BCUT2D eigenvalue weighted by molar-refractivity contribution is 0.726. The first-order valence-electron chi connectivity index (χ1n) is 6.13. The van der Waals surface area contributed by atoms with Gasteiger partial charge in [0, 0.05) is 24.8 Å². The third-order valence-electron chi connectivity index (χ3n) is 2.86. The van der Waals surface area contributed by atoms with Gasteiger partial charge in [-0.25, -0.2) is 0 Å². The molecule has 2 rings (SSSR count). The van der Waals surface area contributed by atoms with Crippen LogP contribution in [0.5, 0.6) is 0 Å². The molecule has 0 radical (unpaired) electrons. The smallest absolute Gasteiger partial charge is 0.0486 e. The van der Waals surface area contributed by atoms with Gasteiger partial charge in [0.05, 0.1) is 0 Å². The molecule has 0 atom stereocenters. The summed E-state index contributed by atoms with van der Waals surface area (Å²) in [6, 6.07) is 8.81. The summed E-state index contributed by atoms with van der Waals surface area (Å²) in [5.74, 6) is 0. The van der Waals surface area contributed by atoms with Gasteiger partial charge >= 0.3 is 0 Å². The highest BCUT2D eigenvalue weighted by atomic mass is 14.9. The summed E-state index contributed by atoms with van der Waals surface area (Å²) in [7, 11) is 0. The number of benzene rings is 1. The molecule has 0 spiro atoms. The molecule has 90 valence electrons. The standard InChI is InChI=1S/C15H20N2/c1-4-16-10-13-5-6-14-7-8-17(11-12(2)3)15(14)9-13/h5-9,16H,2,4,10-11H2,1,3H3. The van der Waals surface area contributed by atoms with Gasteiger partial charge in [-0.3, -0.25) is 0 Å². The van der Waals surface area contributed by atoms with Crippen LogP contribution in [0.1, 0.15) is 19.4 Å². The van der Waals surface area contributed by atoms with Crippen molar-refractivity contribution in [3.8, 4) is 0 Å². The van der Waals surface area contributed by atoms with E-state index in [1.807, 2.05) is 0 Å². The van der Waals surface area contributed by atoms with E-state index in [-0.39, 0.29) is 0 Å². The van der Waals surface area contributed by atoms with E-state index in [0.29, 0.717) is 0 Å². The molecule has 2 heteroatoms. The van der Waals surface area contributed by atoms with E-state index in [9.17, 15) is 0 Å². The summed E-state index contributed by atoms with van der Waals surface area (Å²) in [6.07, 6.45) is 2.14. The van der Waals surface area contributed by atoms with Crippen molar-refractivity contribution in [1.82, 2.24) is 9.88 Å². The number of rotatable bonds is 5. The van der Waals surface area contributed by atoms with Crippen molar-refractivity contribution in [2.24, 2.45) is 0 Å². The SMILES string of the molecule is C=C(C)Cn1ccc2ccc(CNCC)cc21. The van der Waals surface area contributed by atoms with Crippen molar-refractivity contribution in [2.45, 2.75) is 26.9 Å². The lowest BCUT2D eigenvalue weighted by Gasteiger charge is -2.07. The summed E-state index contributed by atoms with van der Waals surface area (Å²) in [6.45, 7) is 11.0. The summed E-state index contributed by atoms with van der Waals surface area (Å²) < 4.78 is 2.26. The maximum Gasteiger partial charge on any atom is 0.0486 e. The number of fused-ring (bicyclic) bond motifs is 1. The zero-order valence-corrected chi connectivity index (χ0v) is 10.7. The molecule has 2 aromatic rings. The van der Waals surface area contributed by atoms with Crippen molar-refractivity contribution in [3.63, 3.8) is 0 Å². The molecule has 0 saturated carbocycles. The molecule has 0 amide bonds. The number of hydrogen-bond donors (Lipinski definition) is 1. The molecule has 0 aliphatic rings. The predicted molar refractivity (Wildman–Crippen MR) is 74.1 cm³/mol. The summed E-state index contributed by atoms with van der Waals surface area (Å²) in [4.78, 5) is 0. The highest BCUT2D eigenvalue weighted by molar-refractivity contribution is 5.80. The normalized spacial score (nSPS) is 10.9. The fraction of sp³-hybridized carbons (Fsp3) is 0.333. The van der Waals surface area contributed by atoms with Gasteiger partial charge in [-0.2, -0.15) is 0 Å². The lowest BCUT2D eigenvalue weighted by Crippen LogP contribution is -2.11. The Morgan fingerprint density at radius 3 is 2.88 bits per heavy atom. The molecule has 1 heterocycles. The van der Waals surface area contributed by atoms with Crippen molar-refractivity contribution in [2.75, 3.05) is 6.54 Å². The number of hydrogen-bond acceptors (Lipinski definition) is 1. The Morgan fingerprint density at radius 1 is 1.35 bits per heavy atom. The van der Waals surface area contributed by atoms with Gasteiger partial charge in [-0.15, -0.1) is 0 Å². The number of nitrogens with zero attached hydrogens (tertiary/aromatic N) is 1. The van der Waals surface area contributed by atoms with Crippen LogP contribution >= 0.6 is 0 Å². The van der Waals surface area contributed by atoms with Gasteiger partial charge in [0.15, 0.2) is 0 Å². The van der Waals surface area contributed by atoms with Crippen LogP contribution in [-0.4, -0.2) is 11.1 Å². The van der Waals surface area contributed by atoms with E-state index in [0.717, 1.165) is 19.6 Å². The van der Waals surface area contributed by atoms with Crippen molar-refractivity contribution in [3.05, 3.63) is 48.2 Å². The second-order valence-corrected chi connectivity index (χ2v) is 4.57. The molecular weight excluding hydrogens is 208 g/mol. The molecule has 0 saturated heterocycles. The molecular formula is C15H20N2. The van der Waals surface area contributed by atoms with Crippen LogP contribution in [0, 0.1) is 0 Å². The predicted octanol–water partition coefficient (Wildman–Crippen LogP) is 3.33. The maximum absolute atomic E-state index is 3.98. The van der Waals surface area contributed by atoms with Gasteiger partial charge < -0.3 is 9.88 Å². The molecule has 1 aromatic heterocycles. The fourth-order valence-electron chi connectivity index (χ4n) is 2.04. The second-order valence-electron chi connectivity index (χ2n) is 4.57. The Kier molecular flexibility index (Phi) is 3.64. The zero-order chi connectivity index (χ0) is 12.3. The number of aromatic nitrogens is 1. The summed E-state index contributed by atoms with van der Waals surface area (Å²) >= 11 is 0. The third kappa shape index (κ3) is 2.77. The van der Waals surface area contributed by atoms with E-state index in [1.165, 1.54) is 22.0 Å². The van der Waals surface area contributed by atoms with Crippen LogP contribution in [0.4, 0.5) is 0 Å². The Balaban J connectivity index is 2.32. The first-order valence-corrected chi connectivity index (χ1v) is 6.13. The summed E-state index contributed by atoms with van der Waals surface area (Å²) in [5, 5.41) is 4.65. The van der Waals surface area contributed by atoms with Crippen LogP contribution in [0.3, 0.4) is 0 Å². The molecule has 0 unspecified atom stereocenters. The summed E-state index contributed by atoms with van der Waals surface area (Å²) in [5.41, 5.74) is 3.81. The molecule has 0 bridgehead atoms. The van der Waals surface area contributed by atoms with Gasteiger partial charge in [0.1, 0.15) is 0 Å². The van der Waals surface area contributed by atoms with Crippen molar-refractivity contribution in [1.29, 1.82) is 0 Å². The minimum atomic E-state index is 0.897. The van der Waals surface area contributed by atoms with E-state index in [4.69, 9.17) is 0 Å². The van der Waals surface area contributed by atoms with Crippen LogP contribution in [0.25, 0.3) is 10.9 Å². The first-order chi connectivity index (χ1) is 8.20. The fourth-order valence-corrected chi connectivity index (χ4v) is 2.04. The number of nitrogens with one attached hydrogen (secondary N) is 1. The first kappa shape index (κ1) is 11.9. The van der Waals surface area contributed by atoms with Gasteiger partial charge in [0.2, 0.25) is 0 Å². The van der Waals surface area contributed by atoms with E-state index >= 15 is 0 Å². The molecule has 0 aliphatic carbocycles. The lowest BCUT2D eigenvalue weighted by atomic mass is 10.1. The van der Waals surface area contributed by atoms with Gasteiger partial charge in [0.25, 0.3) is 0 Å². The van der Waals surface area contributed by atoms with Crippen LogP contribution < -0.4 is 5.32 Å². The van der Waals surface area contributed by atoms with E-state index in [2.05, 4.69) is 60.8 Å². The quantitative estimate of drug-likeness (QED) is 0.777. The Bertz CT molecular complexity index is 523. The molecule has 1 N–H and O–H groups in total. The highest BCUT2D eigenvalue weighted by Crippen LogP contribution is 2.18. The van der Waals surface area contributed by atoms with Crippen LogP contribution in [0.15, 0.2) is 42.6 Å². The maximum atomic E-state index is 3.98. The van der Waals surface area contributed by atoms with Crippen LogP contribution in [-0.2, 0) is 13.1 Å². The Labute approximate surface area is 103 Å².